The smallest absolute Gasteiger partial charge is 0.232 e. The maximum absolute atomic E-state index is 13.1. The minimum Gasteiger partial charge on any atom is -0.389 e. The van der Waals surface area contributed by atoms with Crippen molar-refractivity contribution in [1.82, 2.24) is 4.90 Å². The number of carbonyl (C=O) groups is 1. The summed E-state index contributed by atoms with van der Waals surface area (Å²) in [6.07, 6.45) is -0.197. The quantitative estimate of drug-likeness (QED) is 0.752. The molecule has 2 aromatic rings. The van der Waals surface area contributed by atoms with Gasteiger partial charge in [0.05, 0.1) is 35.7 Å². The first kappa shape index (κ1) is 21.1. The summed E-state index contributed by atoms with van der Waals surface area (Å²) in [7, 11) is 0. The second kappa shape index (κ2) is 8.19. The summed E-state index contributed by atoms with van der Waals surface area (Å²) >= 11 is 12.9. The number of nitrogens with two attached hydrogens (primary N) is 1. The highest BCUT2D eigenvalue weighted by Crippen LogP contribution is 2.42. The molecule has 0 saturated carbocycles. The Kier molecular flexibility index (Phi) is 5.77. The maximum atomic E-state index is 13.1. The van der Waals surface area contributed by atoms with Crippen molar-refractivity contribution in [2.45, 2.75) is 37.5 Å². The Morgan fingerprint density at radius 1 is 1.27 bits per heavy atom. The van der Waals surface area contributed by atoms with Crippen molar-refractivity contribution in [3.05, 3.63) is 58.1 Å². The number of halogens is 2. The molecule has 1 saturated heterocycles. The summed E-state index contributed by atoms with van der Waals surface area (Å²) in [5.41, 5.74) is 7.72. The molecule has 1 amide bonds. The Hall–Kier alpha value is -2.12. The van der Waals surface area contributed by atoms with Gasteiger partial charge in [-0.2, -0.15) is 0 Å². The van der Waals surface area contributed by atoms with Gasteiger partial charge in [-0.3, -0.25) is 9.69 Å². The molecular weight excluding hydrogens is 425 g/mol. The predicted octanol–water partition coefficient (Wildman–Crippen LogP) is 3.57. The number of rotatable bonds is 3. The van der Waals surface area contributed by atoms with E-state index in [-0.39, 0.29) is 24.9 Å². The van der Waals surface area contributed by atoms with Gasteiger partial charge in [0, 0.05) is 17.2 Å². The largest absolute Gasteiger partial charge is 0.389 e. The van der Waals surface area contributed by atoms with E-state index in [9.17, 15) is 9.90 Å². The minimum absolute atomic E-state index is 0.0870. The molecule has 2 heterocycles. The third-order valence-corrected chi connectivity index (χ3v) is 6.35. The van der Waals surface area contributed by atoms with Gasteiger partial charge in [-0.25, -0.2) is 4.99 Å². The van der Waals surface area contributed by atoms with Crippen LogP contribution in [-0.4, -0.2) is 47.2 Å². The number of ether oxygens (including phenoxy) is 1. The molecule has 158 valence electrons. The molecule has 0 spiro atoms. The van der Waals surface area contributed by atoms with Gasteiger partial charge in [0.25, 0.3) is 0 Å². The highest BCUT2D eigenvalue weighted by atomic mass is 35.5. The van der Waals surface area contributed by atoms with E-state index in [0.717, 1.165) is 11.1 Å². The number of benzene rings is 2. The zero-order chi connectivity index (χ0) is 21.5. The van der Waals surface area contributed by atoms with E-state index in [4.69, 9.17) is 33.7 Å². The highest BCUT2D eigenvalue weighted by Gasteiger charge is 2.43. The average molecular weight is 448 g/mol. The van der Waals surface area contributed by atoms with Gasteiger partial charge in [-0.15, -0.1) is 0 Å². The van der Waals surface area contributed by atoms with Crippen molar-refractivity contribution in [2.75, 3.05) is 13.2 Å². The summed E-state index contributed by atoms with van der Waals surface area (Å²) < 4.78 is 5.27. The Labute approximate surface area is 185 Å². The van der Waals surface area contributed by atoms with Gasteiger partial charge in [-0.1, -0.05) is 53.5 Å². The van der Waals surface area contributed by atoms with Crippen LogP contribution in [0.5, 0.6) is 0 Å². The Balaban J connectivity index is 1.73. The molecule has 1 fully saturated rings. The Morgan fingerprint density at radius 3 is 2.73 bits per heavy atom. The molecule has 4 rings (SSSR count). The molecule has 3 atom stereocenters. The Bertz CT molecular complexity index is 1010. The fourth-order valence-electron chi connectivity index (χ4n) is 4.20. The van der Waals surface area contributed by atoms with Crippen molar-refractivity contribution >= 4 is 35.1 Å². The molecular formula is C22H23Cl2N3O3. The Morgan fingerprint density at radius 2 is 2.03 bits per heavy atom. The van der Waals surface area contributed by atoms with Gasteiger partial charge in [-0.05, 0) is 36.6 Å². The first-order valence-corrected chi connectivity index (χ1v) is 10.5. The monoisotopic (exact) mass is 447 g/mol. The van der Waals surface area contributed by atoms with Crippen molar-refractivity contribution in [3.8, 4) is 11.1 Å². The third-order valence-electron chi connectivity index (χ3n) is 5.71. The second-order valence-electron chi connectivity index (χ2n) is 7.86. The van der Waals surface area contributed by atoms with E-state index in [0.29, 0.717) is 28.6 Å². The van der Waals surface area contributed by atoms with Gasteiger partial charge in [0.1, 0.15) is 0 Å². The van der Waals surface area contributed by atoms with Crippen molar-refractivity contribution in [2.24, 2.45) is 10.7 Å². The molecule has 0 aliphatic carbocycles. The van der Waals surface area contributed by atoms with Crippen LogP contribution < -0.4 is 5.73 Å². The fourth-order valence-corrected chi connectivity index (χ4v) is 4.83. The van der Waals surface area contributed by atoms with E-state index in [1.165, 1.54) is 4.90 Å². The molecule has 2 aliphatic heterocycles. The number of aliphatic hydroxyl groups excluding tert-OH is 1. The second-order valence-corrected chi connectivity index (χ2v) is 8.67. The van der Waals surface area contributed by atoms with Crippen molar-refractivity contribution < 1.29 is 14.6 Å². The molecule has 30 heavy (non-hydrogen) atoms. The third kappa shape index (κ3) is 3.81. The first-order valence-electron chi connectivity index (χ1n) is 9.78. The minimum atomic E-state index is -0.917. The summed E-state index contributed by atoms with van der Waals surface area (Å²) in [6.45, 7) is 2.48. The number of aliphatic hydroxyl groups is 1. The molecule has 0 unspecified atom stereocenters. The number of amides is 1. The number of aliphatic imine (C=N–C) groups is 1. The molecule has 6 nitrogen and oxygen atoms in total. The lowest BCUT2D eigenvalue weighted by Crippen LogP contribution is -2.59. The lowest BCUT2D eigenvalue weighted by molar-refractivity contribution is -0.137. The summed E-state index contributed by atoms with van der Waals surface area (Å²) in [5, 5.41) is 11.4. The molecule has 0 bridgehead atoms. The van der Waals surface area contributed by atoms with Crippen LogP contribution in [0.15, 0.2) is 47.5 Å². The molecule has 8 heteroatoms. The van der Waals surface area contributed by atoms with E-state index < -0.39 is 17.7 Å². The van der Waals surface area contributed by atoms with Crippen LogP contribution in [0.3, 0.4) is 0 Å². The lowest BCUT2D eigenvalue weighted by Gasteiger charge is -2.42. The SMILES string of the molecule is C[C@@]1(c2cccc(-c3cccc(Cl)c3)c2Cl)CC(=O)N([C@H]2CCOC[C@@H]2O)C(N)=N1. The van der Waals surface area contributed by atoms with E-state index in [2.05, 4.69) is 4.99 Å². The first-order chi connectivity index (χ1) is 14.3. The normalized spacial score (nSPS) is 27.1. The van der Waals surface area contributed by atoms with Gasteiger partial charge in [0.15, 0.2) is 5.96 Å². The summed E-state index contributed by atoms with van der Waals surface area (Å²) in [6, 6.07) is 12.6. The number of hydrogen-bond donors (Lipinski definition) is 2. The van der Waals surface area contributed by atoms with Gasteiger partial charge in [0.2, 0.25) is 5.91 Å². The fraction of sp³-hybridized carbons (Fsp3) is 0.364. The lowest BCUT2D eigenvalue weighted by atomic mass is 9.85. The van der Waals surface area contributed by atoms with E-state index >= 15 is 0 Å². The average Bonchev–Trinajstić information content (AvgIpc) is 2.69. The standard InChI is InChI=1S/C22H23Cl2N3O3/c1-22(11-19(29)27(21(25)26-22)17-8-9-30-12-18(17)28)16-7-3-6-15(20(16)24)13-4-2-5-14(23)10-13/h2-7,10,17-18,28H,8-9,11-12H2,1H3,(H2,25,26)/t17-,18-,22-/m0/s1. The van der Waals surface area contributed by atoms with Crippen LogP contribution in [0.4, 0.5) is 0 Å². The van der Waals surface area contributed by atoms with Gasteiger partial charge < -0.3 is 15.6 Å². The zero-order valence-electron chi connectivity index (χ0n) is 16.5. The molecule has 2 aromatic carbocycles. The number of carbonyl (C=O) groups excluding carboxylic acids is 1. The molecule has 0 aromatic heterocycles. The number of guanidine groups is 1. The predicted molar refractivity (Wildman–Crippen MR) is 118 cm³/mol. The van der Waals surface area contributed by atoms with Crippen LogP contribution in [-0.2, 0) is 15.1 Å². The summed E-state index contributed by atoms with van der Waals surface area (Å²) in [5.74, 6) is -0.107. The number of hydrogen-bond acceptors (Lipinski definition) is 5. The molecule has 3 N–H and O–H groups in total. The summed E-state index contributed by atoms with van der Waals surface area (Å²) in [4.78, 5) is 19.2. The zero-order valence-corrected chi connectivity index (χ0v) is 18.0. The molecule has 2 aliphatic rings. The van der Waals surface area contributed by atoms with E-state index in [1.807, 2.05) is 43.3 Å². The van der Waals surface area contributed by atoms with Crippen molar-refractivity contribution in [1.29, 1.82) is 0 Å². The van der Waals surface area contributed by atoms with Crippen LogP contribution >= 0.6 is 23.2 Å². The van der Waals surface area contributed by atoms with Crippen LogP contribution in [0, 0.1) is 0 Å². The number of nitrogens with zero attached hydrogens (tertiary/aromatic N) is 2. The van der Waals surface area contributed by atoms with Crippen LogP contribution in [0.1, 0.15) is 25.3 Å². The van der Waals surface area contributed by atoms with Crippen molar-refractivity contribution in [3.63, 3.8) is 0 Å². The van der Waals surface area contributed by atoms with Gasteiger partial charge >= 0.3 is 0 Å². The topological polar surface area (TPSA) is 88.2 Å². The van der Waals surface area contributed by atoms with Crippen LogP contribution in [0.2, 0.25) is 10.0 Å². The highest BCUT2D eigenvalue weighted by molar-refractivity contribution is 6.34. The molecule has 0 radical (unpaired) electrons. The van der Waals surface area contributed by atoms with E-state index in [1.54, 1.807) is 6.07 Å². The maximum Gasteiger partial charge on any atom is 0.232 e. The van der Waals surface area contributed by atoms with Crippen LogP contribution in [0.25, 0.3) is 11.1 Å².